The Morgan fingerprint density at radius 1 is 0.889 bits per heavy atom. The van der Waals surface area contributed by atoms with Gasteiger partial charge in [-0.15, -0.1) is 0 Å². The lowest BCUT2D eigenvalue weighted by Gasteiger charge is -2.11. The fraction of sp³-hybridized carbons (Fsp3) is 0.125. The molecule has 0 aliphatic rings. The van der Waals surface area contributed by atoms with Gasteiger partial charge in [-0.2, -0.15) is 26.3 Å². The first-order valence-electron chi connectivity index (χ1n) is 10.4. The lowest BCUT2D eigenvalue weighted by atomic mass is 10.1. The van der Waals surface area contributed by atoms with Crippen molar-refractivity contribution in [3.05, 3.63) is 78.4 Å². The summed E-state index contributed by atoms with van der Waals surface area (Å²) in [5, 5.41) is 0. The summed E-state index contributed by atoms with van der Waals surface area (Å²) in [4.78, 5) is 16.6. The number of nitrogens with one attached hydrogen (secondary N) is 1. The Bertz CT molecular complexity index is 1550. The number of imidazole rings is 1. The summed E-state index contributed by atoms with van der Waals surface area (Å²) < 4.78 is 80.6. The standard InChI is InChI=1S/C24H15F6N5S/c1-35-12-19(24(28,29)30)33-22(35)13-6-8-14(9-7-13)36-18-11-31-17-10-32-21(34-20(17)18)15-4-2-3-5-16(15)23(25,26)27/h2-12,31H,1H3. The number of nitrogens with zero attached hydrogens (tertiary/aromatic N) is 4. The number of aromatic amines is 1. The lowest BCUT2D eigenvalue weighted by Crippen LogP contribution is -2.08. The van der Waals surface area contributed by atoms with Gasteiger partial charge >= 0.3 is 12.4 Å². The van der Waals surface area contributed by atoms with Crippen LogP contribution in [0.3, 0.4) is 0 Å². The number of benzene rings is 2. The van der Waals surface area contributed by atoms with Crippen LogP contribution in [0.15, 0.2) is 76.9 Å². The quantitative estimate of drug-likeness (QED) is 0.255. The number of alkyl halides is 6. The molecule has 5 aromatic rings. The predicted octanol–water partition coefficient (Wildman–Crippen LogP) is 7.21. The summed E-state index contributed by atoms with van der Waals surface area (Å²) >= 11 is 1.30. The molecule has 0 amide bonds. The molecule has 0 saturated heterocycles. The van der Waals surface area contributed by atoms with E-state index in [4.69, 9.17) is 0 Å². The summed E-state index contributed by atoms with van der Waals surface area (Å²) in [7, 11) is 1.49. The normalized spacial score (nSPS) is 12.4. The first kappa shape index (κ1) is 23.9. The first-order valence-corrected chi connectivity index (χ1v) is 11.2. The van der Waals surface area contributed by atoms with E-state index in [0.29, 0.717) is 21.5 Å². The Morgan fingerprint density at radius 3 is 2.28 bits per heavy atom. The maximum atomic E-state index is 13.5. The fourth-order valence-electron chi connectivity index (χ4n) is 3.69. The Labute approximate surface area is 204 Å². The molecule has 36 heavy (non-hydrogen) atoms. The Morgan fingerprint density at radius 2 is 1.61 bits per heavy atom. The van der Waals surface area contributed by atoms with Crippen molar-refractivity contribution in [2.75, 3.05) is 0 Å². The molecule has 12 heteroatoms. The summed E-state index contributed by atoms with van der Waals surface area (Å²) in [6.07, 6.45) is -5.07. The molecule has 0 unspecified atom stereocenters. The second kappa shape index (κ2) is 8.70. The van der Waals surface area contributed by atoms with E-state index in [2.05, 4.69) is 19.9 Å². The second-order valence-electron chi connectivity index (χ2n) is 7.84. The average molecular weight is 519 g/mol. The molecule has 1 N–H and O–H groups in total. The molecule has 0 aliphatic heterocycles. The van der Waals surface area contributed by atoms with E-state index in [0.717, 1.165) is 17.2 Å². The molecule has 0 fully saturated rings. The van der Waals surface area contributed by atoms with Gasteiger partial charge in [-0.25, -0.2) is 15.0 Å². The molecule has 5 nitrogen and oxygen atoms in total. The maximum Gasteiger partial charge on any atom is 0.434 e. The summed E-state index contributed by atoms with van der Waals surface area (Å²) in [6.45, 7) is 0. The van der Waals surface area contributed by atoms with Crippen LogP contribution in [0.4, 0.5) is 26.3 Å². The number of hydrogen-bond acceptors (Lipinski definition) is 4. The van der Waals surface area contributed by atoms with Crippen molar-refractivity contribution >= 4 is 22.8 Å². The molecular formula is C24H15F6N5S. The molecular weight excluding hydrogens is 504 g/mol. The van der Waals surface area contributed by atoms with Crippen molar-refractivity contribution in [2.45, 2.75) is 22.1 Å². The zero-order valence-corrected chi connectivity index (χ0v) is 19.1. The number of hydrogen-bond donors (Lipinski definition) is 1. The number of fused-ring (bicyclic) bond motifs is 1. The van der Waals surface area contributed by atoms with Gasteiger partial charge in [-0.3, -0.25) is 0 Å². The van der Waals surface area contributed by atoms with Gasteiger partial charge < -0.3 is 9.55 Å². The summed E-state index contributed by atoms with van der Waals surface area (Å²) in [5.41, 5.74) is -0.418. The molecule has 2 aromatic carbocycles. The minimum Gasteiger partial charge on any atom is -0.357 e. The number of halogens is 6. The number of aryl methyl sites for hydroxylation is 1. The average Bonchev–Trinajstić information content (AvgIpc) is 3.42. The minimum atomic E-state index is -4.56. The zero-order chi connectivity index (χ0) is 25.7. The van der Waals surface area contributed by atoms with Gasteiger partial charge in [0.05, 0.1) is 22.2 Å². The molecule has 0 saturated carbocycles. The number of aromatic nitrogens is 5. The van der Waals surface area contributed by atoms with Gasteiger partial charge in [0.1, 0.15) is 11.3 Å². The van der Waals surface area contributed by atoms with E-state index >= 15 is 0 Å². The van der Waals surface area contributed by atoms with Gasteiger partial charge in [0.2, 0.25) is 0 Å². The Balaban J connectivity index is 1.45. The van der Waals surface area contributed by atoms with Gasteiger partial charge in [0.25, 0.3) is 0 Å². The highest BCUT2D eigenvalue weighted by atomic mass is 32.2. The molecule has 0 radical (unpaired) electrons. The van der Waals surface area contributed by atoms with Crippen LogP contribution in [-0.4, -0.2) is 24.5 Å². The van der Waals surface area contributed by atoms with Crippen LogP contribution in [0.5, 0.6) is 0 Å². The summed E-state index contributed by atoms with van der Waals surface area (Å²) in [6, 6.07) is 11.9. The van der Waals surface area contributed by atoms with Crippen LogP contribution in [0.25, 0.3) is 33.8 Å². The Hall–Kier alpha value is -3.80. The monoisotopic (exact) mass is 519 g/mol. The molecule has 184 valence electrons. The third-order valence-electron chi connectivity index (χ3n) is 5.36. The van der Waals surface area contributed by atoms with Gasteiger partial charge in [-0.05, 0) is 18.2 Å². The summed E-state index contributed by atoms with van der Waals surface area (Å²) in [5.74, 6) is 0.120. The smallest absolute Gasteiger partial charge is 0.357 e. The second-order valence-corrected chi connectivity index (χ2v) is 8.95. The largest absolute Gasteiger partial charge is 0.434 e. The predicted molar refractivity (Wildman–Crippen MR) is 122 cm³/mol. The van der Waals surface area contributed by atoms with E-state index in [1.54, 1.807) is 30.5 Å². The van der Waals surface area contributed by atoms with Gasteiger partial charge in [-0.1, -0.05) is 42.1 Å². The van der Waals surface area contributed by atoms with E-state index in [9.17, 15) is 26.3 Å². The molecule has 0 spiro atoms. The van der Waals surface area contributed by atoms with Crippen molar-refractivity contribution in [1.82, 2.24) is 24.5 Å². The van der Waals surface area contributed by atoms with E-state index in [1.807, 2.05) is 0 Å². The zero-order valence-electron chi connectivity index (χ0n) is 18.3. The van der Waals surface area contributed by atoms with Crippen molar-refractivity contribution < 1.29 is 26.3 Å². The van der Waals surface area contributed by atoms with E-state index in [1.165, 1.54) is 47.8 Å². The molecule has 0 atom stereocenters. The highest BCUT2D eigenvalue weighted by Crippen LogP contribution is 2.38. The molecule has 3 heterocycles. The number of rotatable bonds is 4. The van der Waals surface area contributed by atoms with Crippen LogP contribution in [-0.2, 0) is 19.4 Å². The van der Waals surface area contributed by atoms with Crippen molar-refractivity contribution in [2.24, 2.45) is 7.05 Å². The third-order valence-corrected chi connectivity index (χ3v) is 6.40. The topological polar surface area (TPSA) is 59.4 Å². The highest BCUT2D eigenvalue weighted by molar-refractivity contribution is 7.99. The van der Waals surface area contributed by atoms with E-state index < -0.39 is 23.6 Å². The van der Waals surface area contributed by atoms with Crippen LogP contribution < -0.4 is 0 Å². The van der Waals surface area contributed by atoms with Crippen LogP contribution >= 0.6 is 11.8 Å². The van der Waals surface area contributed by atoms with Crippen molar-refractivity contribution in [3.63, 3.8) is 0 Å². The molecule has 3 aromatic heterocycles. The molecule has 0 bridgehead atoms. The lowest BCUT2D eigenvalue weighted by molar-refractivity contribution is -0.141. The van der Waals surface area contributed by atoms with Crippen molar-refractivity contribution in [1.29, 1.82) is 0 Å². The fourth-order valence-corrected chi connectivity index (χ4v) is 4.59. The minimum absolute atomic E-state index is 0.0533. The maximum absolute atomic E-state index is 13.5. The van der Waals surface area contributed by atoms with Crippen molar-refractivity contribution in [3.8, 4) is 22.8 Å². The molecule has 0 aliphatic carbocycles. The highest BCUT2D eigenvalue weighted by Gasteiger charge is 2.35. The SMILES string of the molecule is Cn1cc(C(F)(F)F)nc1-c1ccc(Sc2c[nH]c3cnc(-c4ccccc4C(F)(F)F)nc23)cc1. The third kappa shape index (κ3) is 4.55. The van der Waals surface area contributed by atoms with Gasteiger partial charge in [0, 0.05) is 35.5 Å². The van der Waals surface area contributed by atoms with Crippen LogP contribution in [0, 0.1) is 0 Å². The number of H-pyrrole nitrogens is 1. The first-order chi connectivity index (χ1) is 17.0. The molecule has 5 rings (SSSR count). The van der Waals surface area contributed by atoms with Crippen LogP contribution in [0.2, 0.25) is 0 Å². The van der Waals surface area contributed by atoms with Crippen LogP contribution in [0.1, 0.15) is 11.3 Å². The van der Waals surface area contributed by atoms with Gasteiger partial charge in [0.15, 0.2) is 11.5 Å². The van der Waals surface area contributed by atoms with E-state index in [-0.39, 0.29) is 17.2 Å². The Kier molecular flexibility index (Phi) is 5.78.